The van der Waals surface area contributed by atoms with Gasteiger partial charge >= 0.3 is 5.97 Å². The van der Waals surface area contributed by atoms with E-state index < -0.39 is 5.41 Å². The molecule has 0 saturated carbocycles. The number of fused-ring (bicyclic) bond motifs is 1. The topological polar surface area (TPSA) is 47.6 Å². The molecule has 3 rings (SSSR count). The summed E-state index contributed by atoms with van der Waals surface area (Å²) in [5, 5.41) is 3.60. The molecule has 114 valence electrons. The van der Waals surface area contributed by atoms with Crippen LogP contribution in [0.3, 0.4) is 0 Å². The second-order valence-electron chi connectivity index (χ2n) is 6.14. The molecule has 1 saturated heterocycles. The summed E-state index contributed by atoms with van der Waals surface area (Å²) < 4.78 is 10.4. The summed E-state index contributed by atoms with van der Waals surface area (Å²) >= 11 is 0. The largest absolute Gasteiger partial charge is 0.469 e. The third kappa shape index (κ3) is 2.97. The number of carbonyl (C=O) groups excluding carboxylic acids is 1. The molecule has 0 radical (unpaired) electrons. The molecule has 2 aliphatic rings. The van der Waals surface area contributed by atoms with Crippen molar-refractivity contribution in [3.63, 3.8) is 0 Å². The van der Waals surface area contributed by atoms with Crippen LogP contribution in [0.4, 0.5) is 0 Å². The average molecular weight is 289 g/mol. The van der Waals surface area contributed by atoms with E-state index in [1.807, 2.05) is 0 Å². The molecular weight excluding hydrogens is 266 g/mol. The Bertz CT molecular complexity index is 484. The fraction of sp³-hybridized carbons (Fsp3) is 0.588. The van der Waals surface area contributed by atoms with E-state index in [9.17, 15) is 4.79 Å². The quantitative estimate of drug-likeness (QED) is 0.857. The lowest BCUT2D eigenvalue weighted by atomic mass is 9.80. The Labute approximate surface area is 125 Å². The lowest BCUT2D eigenvalue weighted by molar-refractivity contribution is -0.158. The van der Waals surface area contributed by atoms with Crippen LogP contribution >= 0.6 is 0 Å². The van der Waals surface area contributed by atoms with Crippen molar-refractivity contribution >= 4 is 5.97 Å². The van der Waals surface area contributed by atoms with E-state index in [0.717, 1.165) is 25.7 Å². The Morgan fingerprint density at radius 1 is 1.29 bits per heavy atom. The van der Waals surface area contributed by atoms with Gasteiger partial charge in [-0.3, -0.25) is 4.79 Å². The highest BCUT2D eigenvalue weighted by molar-refractivity contribution is 5.77. The van der Waals surface area contributed by atoms with Crippen molar-refractivity contribution in [3.05, 3.63) is 35.4 Å². The summed E-state index contributed by atoms with van der Waals surface area (Å²) in [6.45, 7) is 1.96. The molecule has 0 amide bonds. The Morgan fingerprint density at radius 2 is 1.90 bits per heavy atom. The van der Waals surface area contributed by atoms with Crippen LogP contribution in [0.1, 0.15) is 24.0 Å². The number of rotatable bonds is 4. The van der Waals surface area contributed by atoms with Crippen molar-refractivity contribution in [2.75, 3.05) is 26.9 Å². The van der Waals surface area contributed by atoms with E-state index in [2.05, 4.69) is 29.6 Å². The predicted octanol–water partition coefficient (Wildman–Crippen LogP) is 1.71. The van der Waals surface area contributed by atoms with Crippen molar-refractivity contribution in [3.8, 4) is 0 Å². The minimum Gasteiger partial charge on any atom is -0.469 e. The summed E-state index contributed by atoms with van der Waals surface area (Å²) in [6.07, 6.45) is 3.58. The monoisotopic (exact) mass is 289 g/mol. The van der Waals surface area contributed by atoms with Gasteiger partial charge in [-0.05, 0) is 36.8 Å². The Kier molecular flexibility index (Phi) is 4.27. The molecule has 4 heteroatoms. The van der Waals surface area contributed by atoms with Gasteiger partial charge in [-0.1, -0.05) is 24.3 Å². The molecule has 0 bridgehead atoms. The van der Waals surface area contributed by atoms with Crippen LogP contribution in [0.5, 0.6) is 0 Å². The summed E-state index contributed by atoms with van der Waals surface area (Å²) in [6, 6.07) is 9.00. The van der Waals surface area contributed by atoms with Gasteiger partial charge in [0, 0.05) is 25.8 Å². The average Bonchev–Trinajstić information content (AvgIpc) is 2.96. The van der Waals surface area contributed by atoms with Gasteiger partial charge in [0.2, 0.25) is 0 Å². The van der Waals surface area contributed by atoms with Crippen LogP contribution in [0, 0.1) is 5.41 Å². The van der Waals surface area contributed by atoms with Crippen molar-refractivity contribution in [2.45, 2.75) is 31.7 Å². The van der Waals surface area contributed by atoms with Gasteiger partial charge in [-0.25, -0.2) is 0 Å². The van der Waals surface area contributed by atoms with Crippen molar-refractivity contribution in [1.82, 2.24) is 5.32 Å². The maximum atomic E-state index is 12.2. The second kappa shape index (κ2) is 6.16. The van der Waals surface area contributed by atoms with Gasteiger partial charge in [0.1, 0.15) is 0 Å². The van der Waals surface area contributed by atoms with Crippen molar-refractivity contribution in [1.29, 1.82) is 0 Å². The molecule has 1 aliphatic carbocycles. The normalized spacial score (nSPS) is 21.0. The van der Waals surface area contributed by atoms with Crippen LogP contribution in [0.2, 0.25) is 0 Å². The molecule has 0 unspecified atom stereocenters. The molecule has 21 heavy (non-hydrogen) atoms. The number of hydrogen-bond donors (Lipinski definition) is 1. The standard InChI is InChI=1S/C17H23NO3/c1-20-16(19)17(6-8-21-9-7-17)12-18-15-10-13-4-2-3-5-14(13)11-15/h2-5,15,18H,6-12H2,1H3. The first-order chi connectivity index (χ1) is 10.2. The predicted molar refractivity (Wildman–Crippen MR) is 80.1 cm³/mol. The minimum atomic E-state index is -0.415. The van der Waals surface area contributed by atoms with Gasteiger partial charge in [0.05, 0.1) is 12.5 Å². The van der Waals surface area contributed by atoms with Crippen LogP contribution in [0.15, 0.2) is 24.3 Å². The number of hydrogen-bond acceptors (Lipinski definition) is 4. The fourth-order valence-corrected chi connectivity index (χ4v) is 3.47. The summed E-state index contributed by atoms with van der Waals surface area (Å²) in [5.74, 6) is -0.103. The van der Waals surface area contributed by atoms with Crippen LogP contribution in [0.25, 0.3) is 0 Å². The SMILES string of the molecule is COC(=O)C1(CNC2Cc3ccccc3C2)CCOCC1. The zero-order chi connectivity index (χ0) is 14.7. The molecule has 1 fully saturated rings. The van der Waals surface area contributed by atoms with Gasteiger partial charge < -0.3 is 14.8 Å². The molecule has 0 atom stereocenters. The summed E-state index contributed by atoms with van der Waals surface area (Å²) in [5.41, 5.74) is 2.44. The molecule has 1 N–H and O–H groups in total. The third-order valence-electron chi connectivity index (χ3n) is 4.85. The fourth-order valence-electron chi connectivity index (χ4n) is 3.47. The maximum absolute atomic E-state index is 12.2. The molecule has 0 spiro atoms. The molecule has 1 aromatic carbocycles. The van der Waals surface area contributed by atoms with Crippen molar-refractivity contribution < 1.29 is 14.3 Å². The van der Waals surface area contributed by atoms with Gasteiger partial charge in [-0.15, -0.1) is 0 Å². The molecule has 1 heterocycles. The Morgan fingerprint density at radius 3 is 2.48 bits per heavy atom. The number of esters is 1. The lowest BCUT2D eigenvalue weighted by Gasteiger charge is -2.35. The van der Waals surface area contributed by atoms with E-state index in [-0.39, 0.29) is 5.97 Å². The van der Waals surface area contributed by atoms with Gasteiger partial charge in [0.15, 0.2) is 0 Å². The number of carbonyl (C=O) groups is 1. The highest BCUT2D eigenvalue weighted by Gasteiger charge is 2.41. The van der Waals surface area contributed by atoms with Crippen LogP contribution in [-0.2, 0) is 27.1 Å². The third-order valence-corrected chi connectivity index (χ3v) is 4.85. The van der Waals surface area contributed by atoms with Crippen LogP contribution in [-0.4, -0.2) is 38.9 Å². The Hall–Kier alpha value is -1.39. The smallest absolute Gasteiger partial charge is 0.313 e. The van der Waals surface area contributed by atoms with E-state index in [1.165, 1.54) is 18.2 Å². The zero-order valence-corrected chi connectivity index (χ0v) is 12.6. The highest BCUT2D eigenvalue weighted by Crippen LogP contribution is 2.32. The Balaban J connectivity index is 1.62. The number of ether oxygens (including phenoxy) is 2. The number of benzene rings is 1. The number of nitrogens with one attached hydrogen (secondary N) is 1. The molecule has 1 aliphatic heterocycles. The molecule has 1 aromatic rings. The molecular formula is C17H23NO3. The first-order valence-corrected chi connectivity index (χ1v) is 7.70. The maximum Gasteiger partial charge on any atom is 0.313 e. The minimum absolute atomic E-state index is 0.103. The highest BCUT2D eigenvalue weighted by atomic mass is 16.5. The lowest BCUT2D eigenvalue weighted by Crippen LogP contribution is -2.48. The molecule has 4 nitrogen and oxygen atoms in total. The summed E-state index contributed by atoms with van der Waals surface area (Å²) in [7, 11) is 1.48. The van der Waals surface area contributed by atoms with E-state index in [0.29, 0.717) is 25.8 Å². The van der Waals surface area contributed by atoms with Crippen molar-refractivity contribution in [2.24, 2.45) is 5.41 Å². The second-order valence-corrected chi connectivity index (χ2v) is 6.14. The van der Waals surface area contributed by atoms with Crippen LogP contribution < -0.4 is 5.32 Å². The van der Waals surface area contributed by atoms with Gasteiger partial charge in [-0.2, -0.15) is 0 Å². The molecule has 0 aromatic heterocycles. The van der Waals surface area contributed by atoms with Gasteiger partial charge in [0.25, 0.3) is 0 Å². The van der Waals surface area contributed by atoms with E-state index in [4.69, 9.17) is 9.47 Å². The zero-order valence-electron chi connectivity index (χ0n) is 12.6. The first kappa shape index (κ1) is 14.5. The summed E-state index contributed by atoms with van der Waals surface area (Å²) in [4.78, 5) is 12.2. The van der Waals surface area contributed by atoms with E-state index in [1.54, 1.807) is 0 Å². The van der Waals surface area contributed by atoms with E-state index >= 15 is 0 Å². The number of methoxy groups -OCH3 is 1. The first-order valence-electron chi connectivity index (χ1n) is 7.70.